The van der Waals surface area contributed by atoms with Gasteiger partial charge in [0.05, 0.1) is 18.0 Å². The molecule has 0 bridgehead atoms. The summed E-state index contributed by atoms with van der Waals surface area (Å²) in [6.45, 7) is 3.90. The molecule has 4 heteroatoms. The molecule has 96 valence electrons. The molecule has 3 nitrogen and oxygen atoms in total. The van der Waals surface area contributed by atoms with Gasteiger partial charge in [-0.2, -0.15) is 5.10 Å². The average Bonchev–Trinajstić information content (AvgIpc) is 2.81. The van der Waals surface area contributed by atoms with E-state index >= 15 is 0 Å². The lowest BCUT2D eigenvalue weighted by Gasteiger charge is -2.10. The molecule has 0 unspecified atom stereocenters. The van der Waals surface area contributed by atoms with E-state index < -0.39 is 0 Å². The van der Waals surface area contributed by atoms with Crippen molar-refractivity contribution < 1.29 is 9.50 Å². The Morgan fingerprint density at radius 3 is 2.61 bits per heavy atom. The summed E-state index contributed by atoms with van der Waals surface area (Å²) in [4.78, 5) is 0. The Labute approximate surface area is 106 Å². The van der Waals surface area contributed by atoms with Crippen molar-refractivity contribution in [3.05, 3.63) is 47.0 Å². The van der Waals surface area contributed by atoms with E-state index in [1.165, 1.54) is 12.1 Å². The minimum Gasteiger partial charge on any atom is -0.392 e. The summed E-state index contributed by atoms with van der Waals surface area (Å²) in [5, 5.41) is 13.8. The molecule has 1 heterocycles. The normalized spacial score (nSPS) is 10.9. The standard InChI is InChI=1S/C14H17FN2O/c1-3-12-8-13(4-2)17(16-12)14-6-5-11(15)7-10(14)9-18/h5-8,18H,3-4,9H2,1-2H3. The fourth-order valence-corrected chi connectivity index (χ4v) is 2.00. The molecule has 0 aliphatic rings. The van der Waals surface area contributed by atoms with Crippen LogP contribution in [0.1, 0.15) is 30.8 Å². The zero-order valence-electron chi connectivity index (χ0n) is 10.7. The summed E-state index contributed by atoms with van der Waals surface area (Å²) in [5.74, 6) is -0.344. The van der Waals surface area contributed by atoms with Crippen molar-refractivity contribution in [1.29, 1.82) is 0 Å². The van der Waals surface area contributed by atoms with Gasteiger partial charge in [0.25, 0.3) is 0 Å². The monoisotopic (exact) mass is 248 g/mol. The first-order chi connectivity index (χ1) is 8.69. The molecule has 0 aliphatic heterocycles. The van der Waals surface area contributed by atoms with Crippen molar-refractivity contribution in [2.45, 2.75) is 33.3 Å². The Morgan fingerprint density at radius 2 is 2.00 bits per heavy atom. The number of hydrogen-bond donors (Lipinski definition) is 1. The summed E-state index contributed by atoms with van der Waals surface area (Å²) in [6, 6.07) is 6.44. The third-order valence-corrected chi connectivity index (χ3v) is 3.00. The maximum Gasteiger partial charge on any atom is 0.123 e. The van der Waals surface area contributed by atoms with Crippen molar-refractivity contribution in [3.63, 3.8) is 0 Å². The molecule has 0 fully saturated rings. The summed E-state index contributed by atoms with van der Waals surface area (Å²) >= 11 is 0. The van der Waals surface area contributed by atoms with Crippen molar-refractivity contribution in [3.8, 4) is 5.69 Å². The highest BCUT2D eigenvalue weighted by molar-refractivity contribution is 5.42. The molecule has 0 saturated heterocycles. The van der Waals surface area contributed by atoms with Gasteiger partial charge in [0, 0.05) is 11.3 Å². The van der Waals surface area contributed by atoms with Gasteiger partial charge in [0.2, 0.25) is 0 Å². The van der Waals surface area contributed by atoms with Crippen LogP contribution in [0.3, 0.4) is 0 Å². The fraction of sp³-hybridized carbons (Fsp3) is 0.357. The molecule has 0 atom stereocenters. The van der Waals surface area contributed by atoms with E-state index in [0.717, 1.165) is 29.9 Å². The van der Waals surface area contributed by atoms with Gasteiger partial charge < -0.3 is 5.11 Å². The van der Waals surface area contributed by atoms with Gasteiger partial charge in [0.15, 0.2) is 0 Å². The first-order valence-electron chi connectivity index (χ1n) is 6.17. The number of aromatic nitrogens is 2. The van der Waals surface area contributed by atoms with Crippen LogP contribution in [0.2, 0.25) is 0 Å². The van der Waals surface area contributed by atoms with Crippen LogP contribution in [-0.2, 0) is 19.4 Å². The Kier molecular flexibility index (Phi) is 3.77. The molecule has 0 saturated carbocycles. The maximum absolute atomic E-state index is 13.2. The molecule has 2 rings (SSSR count). The zero-order valence-corrected chi connectivity index (χ0v) is 10.7. The van der Waals surface area contributed by atoms with Gasteiger partial charge in [0.1, 0.15) is 5.82 Å². The SMILES string of the molecule is CCc1cc(CC)n(-c2ccc(F)cc2CO)n1. The number of benzene rings is 1. The van der Waals surface area contributed by atoms with E-state index in [4.69, 9.17) is 0 Å². The van der Waals surface area contributed by atoms with Gasteiger partial charge in [-0.3, -0.25) is 0 Å². The predicted molar refractivity (Wildman–Crippen MR) is 68.2 cm³/mol. The molecular weight excluding hydrogens is 231 g/mol. The lowest BCUT2D eigenvalue weighted by molar-refractivity contribution is 0.280. The number of aryl methyl sites for hydroxylation is 2. The number of halogens is 1. The molecule has 1 N–H and O–H groups in total. The molecule has 1 aromatic carbocycles. The second kappa shape index (κ2) is 5.31. The maximum atomic E-state index is 13.2. The smallest absolute Gasteiger partial charge is 0.123 e. The van der Waals surface area contributed by atoms with Crippen molar-refractivity contribution >= 4 is 0 Å². The quantitative estimate of drug-likeness (QED) is 0.903. The first kappa shape index (κ1) is 12.8. The van der Waals surface area contributed by atoms with E-state index in [1.807, 2.05) is 13.0 Å². The van der Waals surface area contributed by atoms with Gasteiger partial charge in [-0.25, -0.2) is 9.07 Å². The van der Waals surface area contributed by atoms with Crippen molar-refractivity contribution in [2.24, 2.45) is 0 Å². The van der Waals surface area contributed by atoms with E-state index in [2.05, 4.69) is 12.0 Å². The minimum atomic E-state index is -0.344. The Balaban J connectivity index is 2.56. The van der Waals surface area contributed by atoms with E-state index in [1.54, 1.807) is 10.7 Å². The van der Waals surface area contributed by atoms with Crippen LogP contribution in [0.15, 0.2) is 24.3 Å². The molecule has 2 aromatic rings. The summed E-state index contributed by atoms with van der Waals surface area (Å²) in [7, 11) is 0. The second-order valence-corrected chi connectivity index (χ2v) is 4.18. The average molecular weight is 248 g/mol. The Bertz CT molecular complexity index is 549. The fourth-order valence-electron chi connectivity index (χ4n) is 2.00. The van der Waals surface area contributed by atoms with Crippen LogP contribution in [0.4, 0.5) is 4.39 Å². The summed E-state index contributed by atoms with van der Waals surface area (Å²) in [6.07, 6.45) is 1.70. The van der Waals surface area contributed by atoms with Crippen molar-refractivity contribution in [1.82, 2.24) is 9.78 Å². The molecule has 18 heavy (non-hydrogen) atoms. The van der Waals surface area contributed by atoms with E-state index in [-0.39, 0.29) is 12.4 Å². The van der Waals surface area contributed by atoms with Crippen LogP contribution in [-0.4, -0.2) is 14.9 Å². The molecular formula is C14H17FN2O. The van der Waals surface area contributed by atoms with Gasteiger partial charge >= 0.3 is 0 Å². The largest absolute Gasteiger partial charge is 0.392 e. The molecule has 0 spiro atoms. The van der Waals surface area contributed by atoms with Crippen LogP contribution < -0.4 is 0 Å². The van der Waals surface area contributed by atoms with Crippen molar-refractivity contribution in [2.75, 3.05) is 0 Å². The van der Waals surface area contributed by atoms with Gasteiger partial charge in [-0.05, 0) is 37.1 Å². The highest BCUT2D eigenvalue weighted by Crippen LogP contribution is 2.19. The third kappa shape index (κ3) is 2.29. The number of rotatable bonds is 4. The van der Waals surface area contributed by atoms with E-state index in [0.29, 0.717) is 5.56 Å². The van der Waals surface area contributed by atoms with Crippen LogP contribution in [0.25, 0.3) is 5.69 Å². The Hall–Kier alpha value is -1.68. The highest BCUT2D eigenvalue weighted by Gasteiger charge is 2.11. The molecule has 0 aliphatic carbocycles. The summed E-state index contributed by atoms with van der Waals surface area (Å²) in [5.41, 5.74) is 3.36. The second-order valence-electron chi connectivity index (χ2n) is 4.18. The molecule has 1 aromatic heterocycles. The zero-order chi connectivity index (χ0) is 13.1. The Morgan fingerprint density at radius 1 is 1.22 bits per heavy atom. The summed E-state index contributed by atoms with van der Waals surface area (Å²) < 4.78 is 15.0. The predicted octanol–water partition coefficient (Wildman–Crippen LogP) is 2.63. The van der Waals surface area contributed by atoms with Crippen LogP contribution in [0.5, 0.6) is 0 Å². The topological polar surface area (TPSA) is 38.0 Å². The van der Waals surface area contributed by atoms with Crippen LogP contribution in [0, 0.1) is 5.82 Å². The molecule has 0 amide bonds. The number of aliphatic hydroxyl groups is 1. The number of aliphatic hydroxyl groups excluding tert-OH is 1. The molecule has 0 radical (unpaired) electrons. The minimum absolute atomic E-state index is 0.197. The third-order valence-electron chi connectivity index (χ3n) is 3.00. The lowest BCUT2D eigenvalue weighted by atomic mass is 10.1. The number of hydrogen-bond acceptors (Lipinski definition) is 2. The van der Waals surface area contributed by atoms with E-state index in [9.17, 15) is 9.50 Å². The number of nitrogens with zero attached hydrogens (tertiary/aromatic N) is 2. The van der Waals surface area contributed by atoms with Crippen LogP contribution >= 0.6 is 0 Å². The first-order valence-corrected chi connectivity index (χ1v) is 6.17. The lowest BCUT2D eigenvalue weighted by Crippen LogP contribution is -2.06. The van der Waals surface area contributed by atoms with Gasteiger partial charge in [-0.15, -0.1) is 0 Å². The highest BCUT2D eigenvalue weighted by atomic mass is 19.1. The van der Waals surface area contributed by atoms with Gasteiger partial charge in [-0.1, -0.05) is 13.8 Å².